The first-order valence-electron chi connectivity index (χ1n) is 7.84. The average molecular weight is 332 g/mol. The Kier molecular flexibility index (Phi) is 4.19. The zero-order valence-electron chi connectivity index (χ0n) is 12.3. The largest absolute Gasteiger partial charge is 0.325 e. The standard InChI is InChI=1S/C18H19ClNOP/c19-22-20-13-7-12-16(20)18(21-22)17(14-8-3-1-4-9-14)15-10-5-2-6-11-15/h1-6,8-11,16-18H,7,12-13H2/t16-,18-,22?/m1/s1. The van der Waals surface area contributed by atoms with Crippen LogP contribution in [0.1, 0.15) is 29.9 Å². The van der Waals surface area contributed by atoms with Gasteiger partial charge in [-0.2, -0.15) is 0 Å². The molecule has 0 amide bonds. The molecule has 0 spiro atoms. The summed E-state index contributed by atoms with van der Waals surface area (Å²) < 4.78 is 8.63. The maximum absolute atomic E-state index is 6.50. The second-order valence-corrected chi connectivity index (χ2v) is 8.01. The molecule has 1 unspecified atom stereocenters. The van der Waals surface area contributed by atoms with Crippen LogP contribution in [0.5, 0.6) is 0 Å². The predicted octanol–water partition coefficient (Wildman–Crippen LogP) is 5.15. The van der Waals surface area contributed by atoms with Crippen LogP contribution in [0.15, 0.2) is 60.7 Å². The molecule has 22 heavy (non-hydrogen) atoms. The molecule has 0 saturated carbocycles. The van der Waals surface area contributed by atoms with Crippen molar-refractivity contribution in [2.75, 3.05) is 6.54 Å². The van der Waals surface area contributed by atoms with Crippen molar-refractivity contribution < 1.29 is 4.52 Å². The zero-order chi connectivity index (χ0) is 14.9. The van der Waals surface area contributed by atoms with Crippen molar-refractivity contribution >= 4 is 18.9 Å². The van der Waals surface area contributed by atoms with E-state index in [1.807, 2.05) is 0 Å². The molecule has 2 aromatic carbocycles. The molecule has 0 aliphatic carbocycles. The second-order valence-electron chi connectivity index (χ2n) is 5.97. The summed E-state index contributed by atoms with van der Waals surface area (Å²) in [6.07, 6.45) is 2.56. The zero-order valence-corrected chi connectivity index (χ0v) is 14.0. The van der Waals surface area contributed by atoms with Gasteiger partial charge in [0.25, 0.3) is 0 Å². The number of hydrogen-bond donors (Lipinski definition) is 0. The number of halogens is 1. The van der Waals surface area contributed by atoms with Crippen molar-refractivity contribution in [2.24, 2.45) is 0 Å². The quantitative estimate of drug-likeness (QED) is 0.721. The second kappa shape index (κ2) is 6.29. The Bertz CT molecular complexity index is 584. The van der Waals surface area contributed by atoms with Gasteiger partial charge in [0.2, 0.25) is 7.65 Å². The fourth-order valence-corrected chi connectivity index (χ4v) is 5.92. The summed E-state index contributed by atoms with van der Waals surface area (Å²) in [6, 6.07) is 21.8. The summed E-state index contributed by atoms with van der Waals surface area (Å²) in [5.74, 6) is 0.249. The SMILES string of the molecule is ClP1O[C@@H](C(c2ccccc2)c2ccccc2)[C@H]2CCCN21. The normalized spacial score (nSPS) is 28.2. The van der Waals surface area contributed by atoms with E-state index < -0.39 is 7.65 Å². The molecule has 0 N–H and O–H groups in total. The van der Waals surface area contributed by atoms with E-state index in [9.17, 15) is 0 Å². The molecule has 0 radical (unpaired) electrons. The molecule has 3 atom stereocenters. The van der Waals surface area contributed by atoms with Crippen molar-refractivity contribution in [3.05, 3.63) is 71.8 Å². The lowest BCUT2D eigenvalue weighted by atomic mass is 9.83. The lowest BCUT2D eigenvalue weighted by molar-refractivity contribution is 0.190. The van der Waals surface area contributed by atoms with E-state index in [2.05, 4.69) is 65.3 Å². The van der Waals surface area contributed by atoms with Gasteiger partial charge in [-0.15, -0.1) is 0 Å². The van der Waals surface area contributed by atoms with Crippen LogP contribution >= 0.6 is 18.9 Å². The monoisotopic (exact) mass is 331 g/mol. The molecule has 0 bridgehead atoms. The third-order valence-corrected chi connectivity index (χ3v) is 6.85. The number of rotatable bonds is 3. The van der Waals surface area contributed by atoms with E-state index >= 15 is 0 Å². The number of nitrogens with zero attached hydrogens (tertiary/aromatic N) is 1. The summed E-state index contributed by atoms with van der Waals surface area (Å²) in [5.41, 5.74) is 2.63. The highest BCUT2D eigenvalue weighted by molar-refractivity contribution is 7.78. The van der Waals surface area contributed by atoms with Crippen LogP contribution in [0, 0.1) is 0 Å². The Morgan fingerprint density at radius 2 is 1.59 bits per heavy atom. The van der Waals surface area contributed by atoms with Gasteiger partial charge in [0, 0.05) is 18.5 Å². The number of benzene rings is 2. The van der Waals surface area contributed by atoms with Gasteiger partial charge in [-0.05, 0) is 35.2 Å². The van der Waals surface area contributed by atoms with Crippen molar-refractivity contribution in [2.45, 2.75) is 30.9 Å². The van der Waals surface area contributed by atoms with Gasteiger partial charge < -0.3 is 4.52 Å². The van der Waals surface area contributed by atoms with E-state index in [1.54, 1.807) is 0 Å². The van der Waals surface area contributed by atoms with Crippen molar-refractivity contribution in [1.82, 2.24) is 4.67 Å². The predicted molar refractivity (Wildman–Crippen MR) is 92.1 cm³/mol. The van der Waals surface area contributed by atoms with E-state index in [1.165, 1.54) is 24.0 Å². The van der Waals surface area contributed by atoms with Gasteiger partial charge in [-0.25, -0.2) is 4.67 Å². The molecule has 2 aliphatic heterocycles. The fourth-order valence-electron chi connectivity index (χ4n) is 3.71. The van der Waals surface area contributed by atoms with E-state index in [0.717, 1.165) is 6.54 Å². The Labute approximate surface area is 137 Å². The highest BCUT2D eigenvalue weighted by Gasteiger charge is 2.48. The van der Waals surface area contributed by atoms with Crippen LogP contribution in [-0.2, 0) is 4.52 Å². The summed E-state index contributed by atoms with van der Waals surface area (Å²) in [5, 5.41) is 0. The third-order valence-electron chi connectivity index (χ3n) is 4.71. The maximum atomic E-state index is 6.50. The lowest BCUT2D eigenvalue weighted by Gasteiger charge is -2.27. The molecule has 2 aromatic rings. The smallest absolute Gasteiger partial charge is 0.207 e. The Hall–Kier alpha value is -0.920. The van der Waals surface area contributed by atoms with Gasteiger partial charge >= 0.3 is 0 Å². The number of hydrogen-bond acceptors (Lipinski definition) is 2. The molecule has 4 heteroatoms. The van der Waals surface area contributed by atoms with Gasteiger partial charge in [-0.1, -0.05) is 60.7 Å². The molecule has 2 heterocycles. The van der Waals surface area contributed by atoms with Crippen LogP contribution in [0.3, 0.4) is 0 Å². The highest BCUT2D eigenvalue weighted by atomic mass is 35.7. The first kappa shape index (κ1) is 14.7. The topological polar surface area (TPSA) is 12.5 Å². The third kappa shape index (κ3) is 2.59. The summed E-state index contributed by atoms with van der Waals surface area (Å²) in [4.78, 5) is 0. The van der Waals surface area contributed by atoms with Crippen molar-refractivity contribution in [3.8, 4) is 0 Å². The van der Waals surface area contributed by atoms with Crippen LogP contribution in [-0.4, -0.2) is 23.4 Å². The van der Waals surface area contributed by atoms with Crippen LogP contribution in [0.2, 0.25) is 0 Å². The minimum atomic E-state index is -0.952. The molecule has 4 rings (SSSR count). The molecule has 2 saturated heterocycles. The molecule has 2 aliphatic rings. The molecule has 0 aromatic heterocycles. The highest BCUT2D eigenvalue weighted by Crippen LogP contribution is 2.61. The van der Waals surface area contributed by atoms with Gasteiger partial charge in [0.15, 0.2) is 0 Å². The maximum Gasteiger partial charge on any atom is 0.207 e. The van der Waals surface area contributed by atoms with E-state index in [0.29, 0.717) is 6.04 Å². The summed E-state index contributed by atoms with van der Waals surface area (Å²) in [6.45, 7) is 1.08. The summed E-state index contributed by atoms with van der Waals surface area (Å²) >= 11 is 6.50. The van der Waals surface area contributed by atoms with E-state index in [-0.39, 0.29) is 12.0 Å². The Balaban J connectivity index is 1.75. The summed E-state index contributed by atoms with van der Waals surface area (Å²) in [7, 11) is -0.952. The minimum Gasteiger partial charge on any atom is -0.325 e. The van der Waals surface area contributed by atoms with Crippen LogP contribution in [0.4, 0.5) is 0 Å². The molecule has 2 nitrogen and oxygen atoms in total. The molecular formula is C18H19ClNOP. The molecule has 114 valence electrons. The lowest BCUT2D eigenvalue weighted by Crippen LogP contribution is -2.33. The van der Waals surface area contributed by atoms with Crippen LogP contribution < -0.4 is 0 Å². The molecule has 2 fully saturated rings. The number of fused-ring (bicyclic) bond motifs is 1. The Morgan fingerprint density at radius 1 is 1.00 bits per heavy atom. The Morgan fingerprint density at radius 3 is 2.18 bits per heavy atom. The first-order valence-corrected chi connectivity index (χ1v) is 9.95. The molecular weight excluding hydrogens is 313 g/mol. The van der Waals surface area contributed by atoms with Crippen molar-refractivity contribution in [1.29, 1.82) is 0 Å². The minimum absolute atomic E-state index is 0.149. The fraction of sp³-hybridized carbons (Fsp3) is 0.333. The van der Waals surface area contributed by atoms with Crippen molar-refractivity contribution in [3.63, 3.8) is 0 Å². The van der Waals surface area contributed by atoms with Crippen LogP contribution in [0.25, 0.3) is 0 Å². The average Bonchev–Trinajstić information content (AvgIpc) is 3.15. The van der Waals surface area contributed by atoms with Gasteiger partial charge in [-0.3, -0.25) is 0 Å². The van der Waals surface area contributed by atoms with Gasteiger partial charge in [0.1, 0.15) is 0 Å². The van der Waals surface area contributed by atoms with E-state index in [4.69, 9.17) is 15.8 Å². The first-order chi connectivity index (χ1) is 10.8. The van der Waals surface area contributed by atoms with Gasteiger partial charge in [0.05, 0.1) is 6.10 Å².